The number of aliphatic hydroxyl groups excluding tert-OH is 1. The quantitative estimate of drug-likeness (QED) is 0.317. The number of phenolic OH excluding ortho intramolecular Hbond substituents is 1. The van der Waals surface area contributed by atoms with Crippen molar-refractivity contribution in [2.45, 2.75) is 44.9 Å². The largest absolute Gasteiger partial charge is 0.508 e. The van der Waals surface area contributed by atoms with E-state index < -0.39 is 42.2 Å². The van der Waals surface area contributed by atoms with Crippen LogP contribution < -0.4 is 15.4 Å². The molecule has 0 aliphatic carbocycles. The summed E-state index contributed by atoms with van der Waals surface area (Å²) in [7, 11) is 1.53. The molecule has 208 valence electrons. The Labute approximate surface area is 227 Å². The van der Waals surface area contributed by atoms with Gasteiger partial charge >= 0.3 is 6.09 Å². The average Bonchev–Trinajstić information content (AvgIpc) is 2.85. The van der Waals surface area contributed by atoms with Gasteiger partial charge in [0.2, 0.25) is 5.91 Å². The van der Waals surface area contributed by atoms with E-state index in [1.807, 2.05) is 6.26 Å². The first-order valence-corrected chi connectivity index (χ1v) is 13.5. The lowest BCUT2D eigenvalue weighted by Gasteiger charge is -2.34. The van der Waals surface area contributed by atoms with E-state index in [0.29, 0.717) is 22.8 Å². The molecule has 4 N–H and O–H groups in total. The van der Waals surface area contributed by atoms with Crippen molar-refractivity contribution in [3.05, 3.63) is 54.1 Å². The number of carbonyl (C=O) groups is 3. The van der Waals surface area contributed by atoms with E-state index in [2.05, 4.69) is 10.6 Å². The summed E-state index contributed by atoms with van der Waals surface area (Å²) in [6.07, 6.45) is 1.38. The minimum absolute atomic E-state index is 0.0908. The summed E-state index contributed by atoms with van der Waals surface area (Å²) in [4.78, 5) is 41.2. The molecule has 2 rings (SSSR count). The Hall–Kier alpha value is -3.44. The first-order chi connectivity index (χ1) is 18.0. The molecule has 2 unspecified atom stereocenters. The number of thioether (sulfide) groups is 1. The lowest BCUT2D eigenvalue weighted by molar-refractivity contribution is -0.141. The minimum Gasteiger partial charge on any atom is -0.508 e. The number of aliphatic hydroxyl groups is 1. The molecule has 0 saturated heterocycles. The van der Waals surface area contributed by atoms with Gasteiger partial charge in [-0.25, -0.2) is 4.79 Å². The third-order valence-corrected chi connectivity index (χ3v) is 5.97. The number of ether oxygens (including phenoxy) is 2. The third kappa shape index (κ3) is 9.46. The van der Waals surface area contributed by atoms with Crippen molar-refractivity contribution in [2.75, 3.05) is 37.6 Å². The normalized spacial score (nSPS) is 12.7. The Kier molecular flexibility index (Phi) is 11.7. The molecule has 0 aromatic heterocycles. The van der Waals surface area contributed by atoms with E-state index in [1.165, 1.54) is 35.9 Å². The van der Waals surface area contributed by atoms with Gasteiger partial charge in [-0.05, 0) is 81.2 Å². The van der Waals surface area contributed by atoms with Crippen molar-refractivity contribution in [1.29, 1.82) is 0 Å². The van der Waals surface area contributed by atoms with Crippen LogP contribution in [0.2, 0.25) is 0 Å². The van der Waals surface area contributed by atoms with Crippen LogP contribution in [-0.2, 0) is 14.3 Å². The van der Waals surface area contributed by atoms with Crippen LogP contribution in [0.3, 0.4) is 0 Å². The molecule has 0 aliphatic rings. The molecule has 0 fully saturated rings. The first kappa shape index (κ1) is 30.8. The zero-order chi connectivity index (χ0) is 28.3. The standard InChI is InChI=1S/C27H37N3O7S/c1-27(2,3)37-26(35)29-22(13-16-38-5)25(34)30(14-15-31)23(18-7-6-8-20(32)17-18)24(33)28-19-9-11-21(36-4)12-10-19/h6-12,17,22-23,31-32H,13-16H2,1-5H3,(H,28,33)(H,29,35). The molecule has 11 heteroatoms. The Morgan fingerprint density at radius 1 is 1.11 bits per heavy atom. The van der Waals surface area contributed by atoms with E-state index in [1.54, 1.807) is 57.2 Å². The Bertz CT molecular complexity index is 1070. The van der Waals surface area contributed by atoms with Crippen LogP contribution in [0, 0.1) is 0 Å². The average molecular weight is 548 g/mol. The highest BCUT2D eigenvalue weighted by molar-refractivity contribution is 7.98. The summed E-state index contributed by atoms with van der Waals surface area (Å²) in [6, 6.07) is 10.4. The van der Waals surface area contributed by atoms with E-state index in [0.717, 1.165) is 0 Å². The number of anilines is 1. The molecule has 3 amide bonds. The van der Waals surface area contributed by atoms with Gasteiger partial charge in [0.15, 0.2) is 0 Å². The second-order valence-electron chi connectivity index (χ2n) is 9.45. The zero-order valence-corrected chi connectivity index (χ0v) is 23.2. The summed E-state index contributed by atoms with van der Waals surface area (Å²) < 4.78 is 10.5. The smallest absolute Gasteiger partial charge is 0.408 e. The van der Waals surface area contributed by atoms with Crippen LogP contribution in [0.15, 0.2) is 48.5 Å². The lowest BCUT2D eigenvalue weighted by Crippen LogP contribution is -2.53. The highest BCUT2D eigenvalue weighted by Gasteiger charge is 2.36. The first-order valence-electron chi connectivity index (χ1n) is 12.1. The molecule has 10 nitrogen and oxygen atoms in total. The van der Waals surface area contributed by atoms with E-state index in [4.69, 9.17) is 9.47 Å². The van der Waals surface area contributed by atoms with Crippen molar-refractivity contribution >= 4 is 35.4 Å². The monoisotopic (exact) mass is 547 g/mol. The number of rotatable bonds is 12. The van der Waals surface area contributed by atoms with E-state index >= 15 is 0 Å². The number of methoxy groups -OCH3 is 1. The fraction of sp³-hybridized carbons (Fsp3) is 0.444. The maximum Gasteiger partial charge on any atom is 0.408 e. The number of nitrogens with one attached hydrogen (secondary N) is 2. The number of benzene rings is 2. The molecule has 0 spiro atoms. The van der Waals surface area contributed by atoms with Gasteiger partial charge in [-0.1, -0.05) is 12.1 Å². The molecule has 38 heavy (non-hydrogen) atoms. The Balaban J connectivity index is 2.46. The number of phenols is 1. The molecule has 2 atom stereocenters. The molecular weight excluding hydrogens is 510 g/mol. The molecule has 2 aromatic carbocycles. The van der Waals surface area contributed by atoms with Crippen molar-refractivity contribution in [1.82, 2.24) is 10.2 Å². The fourth-order valence-electron chi connectivity index (χ4n) is 3.67. The van der Waals surface area contributed by atoms with Crippen LogP contribution in [0.4, 0.5) is 10.5 Å². The predicted molar refractivity (Wildman–Crippen MR) is 147 cm³/mol. The van der Waals surface area contributed by atoms with Gasteiger partial charge in [-0.2, -0.15) is 11.8 Å². The van der Waals surface area contributed by atoms with Crippen molar-refractivity contribution in [2.24, 2.45) is 0 Å². The highest BCUT2D eigenvalue weighted by atomic mass is 32.2. The lowest BCUT2D eigenvalue weighted by atomic mass is 10.0. The summed E-state index contributed by atoms with van der Waals surface area (Å²) in [5.41, 5.74) is 0.0199. The van der Waals surface area contributed by atoms with Crippen LogP contribution in [0.1, 0.15) is 38.8 Å². The summed E-state index contributed by atoms with van der Waals surface area (Å²) >= 11 is 1.50. The third-order valence-electron chi connectivity index (χ3n) is 5.33. The summed E-state index contributed by atoms with van der Waals surface area (Å²) in [5, 5.41) is 25.4. The minimum atomic E-state index is -1.22. The predicted octanol–water partition coefficient (Wildman–Crippen LogP) is 3.55. The molecule has 0 bridgehead atoms. The molecule has 0 heterocycles. The Morgan fingerprint density at radius 3 is 2.34 bits per heavy atom. The van der Waals surface area contributed by atoms with Gasteiger partial charge in [0.05, 0.1) is 13.7 Å². The second kappa shape index (κ2) is 14.5. The number of aromatic hydroxyl groups is 1. The van der Waals surface area contributed by atoms with Crippen molar-refractivity contribution in [3.8, 4) is 11.5 Å². The number of carbonyl (C=O) groups excluding carboxylic acids is 3. The van der Waals surface area contributed by atoms with Crippen molar-refractivity contribution in [3.63, 3.8) is 0 Å². The van der Waals surface area contributed by atoms with Gasteiger partial charge in [0.1, 0.15) is 29.2 Å². The number of hydrogen-bond acceptors (Lipinski definition) is 8. The van der Waals surface area contributed by atoms with E-state index in [9.17, 15) is 24.6 Å². The number of amides is 3. The number of hydrogen-bond donors (Lipinski definition) is 4. The van der Waals surface area contributed by atoms with Gasteiger partial charge in [-0.15, -0.1) is 0 Å². The molecule has 2 aromatic rings. The summed E-state index contributed by atoms with van der Waals surface area (Å²) in [5.74, 6) is -0.0735. The van der Waals surface area contributed by atoms with Crippen LogP contribution >= 0.6 is 11.8 Å². The number of nitrogens with zero attached hydrogens (tertiary/aromatic N) is 1. The van der Waals surface area contributed by atoms with Gasteiger partial charge < -0.3 is 35.2 Å². The highest BCUT2D eigenvalue weighted by Crippen LogP contribution is 2.27. The van der Waals surface area contributed by atoms with Crippen LogP contribution in [0.25, 0.3) is 0 Å². The molecule has 0 saturated carbocycles. The molecule has 0 radical (unpaired) electrons. The van der Waals surface area contributed by atoms with Gasteiger partial charge in [0.25, 0.3) is 5.91 Å². The number of alkyl carbamates (subject to hydrolysis) is 1. The Morgan fingerprint density at radius 2 is 1.79 bits per heavy atom. The van der Waals surface area contributed by atoms with Gasteiger partial charge in [-0.3, -0.25) is 9.59 Å². The van der Waals surface area contributed by atoms with Crippen LogP contribution in [-0.4, -0.2) is 76.9 Å². The molecule has 0 aliphatic heterocycles. The van der Waals surface area contributed by atoms with E-state index in [-0.39, 0.29) is 18.7 Å². The molecular formula is C27H37N3O7S. The summed E-state index contributed by atoms with van der Waals surface area (Å²) in [6.45, 7) is 4.51. The maximum absolute atomic E-state index is 13.9. The second-order valence-corrected chi connectivity index (χ2v) is 10.4. The fourth-order valence-corrected chi connectivity index (χ4v) is 4.14. The maximum atomic E-state index is 13.9. The topological polar surface area (TPSA) is 137 Å². The van der Waals surface area contributed by atoms with Gasteiger partial charge in [0, 0.05) is 12.2 Å². The SMILES string of the molecule is COc1ccc(NC(=O)C(c2cccc(O)c2)N(CCO)C(=O)C(CCSC)NC(=O)OC(C)(C)C)cc1. The van der Waals surface area contributed by atoms with Crippen molar-refractivity contribution < 1.29 is 34.1 Å². The van der Waals surface area contributed by atoms with Crippen LogP contribution in [0.5, 0.6) is 11.5 Å². The zero-order valence-electron chi connectivity index (χ0n) is 22.4.